The van der Waals surface area contributed by atoms with Gasteiger partial charge in [0.05, 0.1) is 6.10 Å². The third-order valence-corrected chi connectivity index (χ3v) is 3.61. The van der Waals surface area contributed by atoms with Crippen LogP contribution in [0.15, 0.2) is 35.5 Å². The summed E-state index contributed by atoms with van der Waals surface area (Å²) in [6, 6.07) is 6.63. The molecule has 114 valence electrons. The second-order valence-electron chi connectivity index (χ2n) is 5.09. The quantitative estimate of drug-likeness (QED) is 0.632. The fourth-order valence-corrected chi connectivity index (χ4v) is 2.54. The third kappa shape index (κ3) is 2.31. The fourth-order valence-electron chi connectivity index (χ4n) is 2.54. The number of aliphatic hydroxyl groups excluding tert-OH is 1. The van der Waals surface area contributed by atoms with Gasteiger partial charge < -0.3 is 25.2 Å². The number of ether oxygens (including phenoxy) is 1. The Morgan fingerprint density at radius 2 is 1.86 bits per heavy atom. The summed E-state index contributed by atoms with van der Waals surface area (Å²) in [4.78, 5) is 10.7. The Morgan fingerprint density at radius 3 is 2.59 bits per heavy atom. The molecule has 0 aliphatic carbocycles. The average molecular weight is 303 g/mol. The van der Waals surface area contributed by atoms with Gasteiger partial charge in [-0.05, 0) is 22.9 Å². The Balaban J connectivity index is 2.01. The van der Waals surface area contributed by atoms with E-state index in [1.807, 2.05) is 0 Å². The molecule has 2 aromatic rings. The number of nitrogens with zero attached hydrogens (tertiary/aromatic N) is 1. The molecule has 0 unspecified atom stereocenters. The summed E-state index contributed by atoms with van der Waals surface area (Å²) in [7, 11) is 0. The van der Waals surface area contributed by atoms with Crippen LogP contribution >= 0.6 is 0 Å². The average Bonchev–Trinajstić information content (AvgIpc) is 2.48. The van der Waals surface area contributed by atoms with Crippen molar-refractivity contribution in [2.75, 3.05) is 0 Å². The molecule has 3 rings (SSSR count). The molecular weight excluding hydrogens is 290 g/mol. The molecule has 1 heterocycles. The number of hydrogen-bond acceptors (Lipinski definition) is 7. The summed E-state index contributed by atoms with van der Waals surface area (Å²) in [6.45, 7) is 0. The molecule has 1 aliphatic heterocycles. The van der Waals surface area contributed by atoms with Crippen molar-refractivity contribution in [3.05, 3.63) is 46.4 Å². The van der Waals surface area contributed by atoms with Gasteiger partial charge in [-0.2, -0.15) is 0 Å². The highest BCUT2D eigenvalue weighted by Gasteiger charge is 2.32. The van der Waals surface area contributed by atoms with Crippen molar-refractivity contribution in [3.63, 3.8) is 0 Å². The maximum absolute atomic E-state index is 10.7. The maximum atomic E-state index is 10.7. The van der Waals surface area contributed by atoms with E-state index in [0.717, 1.165) is 0 Å². The number of phenolic OH excluding ortho intramolecular Hbond substituents is 3. The molecule has 0 bridgehead atoms. The van der Waals surface area contributed by atoms with Crippen LogP contribution in [0.1, 0.15) is 17.2 Å². The molecule has 0 amide bonds. The summed E-state index contributed by atoms with van der Waals surface area (Å²) in [5.41, 5.74) is 0.695. The summed E-state index contributed by atoms with van der Waals surface area (Å²) in [6.07, 6.45) is -1.65. The number of fused-ring (bicyclic) bond motifs is 1. The third-order valence-electron chi connectivity index (χ3n) is 3.61. The molecule has 0 aromatic heterocycles. The minimum absolute atomic E-state index is 0.122. The molecule has 0 saturated heterocycles. The zero-order valence-corrected chi connectivity index (χ0v) is 11.3. The smallest absolute Gasteiger partial charge is 0.150 e. The van der Waals surface area contributed by atoms with Gasteiger partial charge in [-0.1, -0.05) is 6.07 Å². The second kappa shape index (κ2) is 5.19. The zero-order chi connectivity index (χ0) is 15.9. The Labute approximate surface area is 125 Å². The summed E-state index contributed by atoms with van der Waals surface area (Å²) < 4.78 is 5.64. The van der Waals surface area contributed by atoms with Crippen LogP contribution in [0, 0.1) is 4.91 Å². The Kier molecular flexibility index (Phi) is 3.34. The van der Waals surface area contributed by atoms with E-state index < -0.39 is 12.2 Å². The van der Waals surface area contributed by atoms with E-state index in [9.17, 15) is 25.3 Å². The molecule has 4 N–H and O–H groups in total. The van der Waals surface area contributed by atoms with E-state index in [4.69, 9.17) is 4.74 Å². The van der Waals surface area contributed by atoms with E-state index in [2.05, 4.69) is 5.18 Å². The van der Waals surface area contributed by atoms with E-state index in [0.29, 0.717) is 11.1 Å². The summed E-state index contributed by atoms with van der Waals surface area (Å²) >= 11 is 0. The van der Waals surface area contributed by atoms with Crippen LogP contribution in [0.2, 0.25) is 0 Å². The van der Waals surface area contributed by atoms with Gasteiger partial charge in [0.15, 0.2) is 0 Å². The van der Waals surface area contributed by atoms with Crippen LogP contribution in [0.5, 0.6) is 23.0 Å². The molecule has 7 heteroatoms. The standard InChI is InChI=1S/C15H13NO6/c17-8-4-12(19)9-6-13(20)15(22-14(9)5-8)7-1-2-11(18)10(3-7)16-21/h1-5,13,15,17-20H,6H2/t13-,15+/m0/s1. The van der Waals surface area contributed by atoms with Crippen LogP contribution in [-0.2, 0) is 6.42 Å². The molecule has 0 radical (unpaired) electrons. The number of aliphatic hydroxyl groups is 1. The minimum Gasteiger partial charge on any atom is -0.508 e. The van der Waals surface area contributed by atoms with Crippen LogP contribution in [-0.4, -0.2) is 26.5 Å². The first-order valence-electron chi connectivity index (χ1n) is 6.55. The summed E-state index contributed by atoms with van der Waals surface area (Å²) in [5.74, 6) is -0.331. The molecule has 2 atom stereocenters. The first kappa shape index (κ1) is 14.2. The number of phenols is 3. The van der Waals surface area contributed by atoms with Gasteiger partial charge in [-0.25, -0.2) is 0 Å². The van der Waals surface area contributed by atoms with Gasteiger partial charge in [-0.15, -0.1) is 4.91 Å². The van der Waals surface area contributed by atoms with Crippen molar-refractivity contribution >= 4 is 5.69 Å². The van der Waals surface area contributed by atoms with Crippen molar-refractivity contribution < 1.29 is 25.2 Å². The lowest BCUT2D eigenvalue weighted by molar-refractivity contribution is 0.0198. The molecule has 22 heavy (non-hydrogen) atoms. The van der Waals surface area contributed by atoms with Crippen LogP contribution in [0.25, 0.3) is 0 Å². The van der Waals surface area contributed by atoms with Crippen molar-refractivity contribution in [1.82, 2.24) is 0 Å². The minimum atomic E-state index is -0.966. The van der Waals surface area contributed by atoms with Gasteiger partial charge in [0.2, 0.25) is 0 Å². The van der Waals surface area contributed by atoms with Crippen LogP contribution in [0.3, 0.4) is 0 Å². The molecule has 1 aliphatic rings. The lowest BCUT2D eigenvalue weighted by atomic mass is 9.94. The molecular formula is C15H13NO6. The number of aromatic hydroxyl groups is 3. The topological polar surface area (TPSA) is 120 Å². The predicted octanol–water partition coefficient (Wildman–Crippen LogP) is 2.24. The van der Waals surface area contributed by atoms with Gasteiger partial charge >= 0.3 is 0 Å². The Morgan fingerprint density at radius 1 is 1.09 bits per heavy atom. The largest absolute Gasteiger partial charge is 0.508 e. The maximum Gasteiger partial charge on any atom is 0.150 e. The molecule has 2 aromatic carbocycles. The van der Waals surface area contributed by atoms with E-state index in [1.165, 1.54) is 30.3 Å². The number of nitroso groups, excluding NO2 is 1. The number of benzene rings is 2. The number of rotatable bonds is 2. The summed E-state index contributed by atoms with van der Waals surface area (Å²) in [5, 5.41) is 41.7. The highest BCUT2D eigenvalue weighted by molar-refractivity contribution is 5.55. The zero-order valence-electron chi connectivity index (χ0n) is 11.3. The normalized spacial score (nSPS) is 20.0. The van der Waals surface area contributed by atoms with Gasteiger partial charge in [0.25, 0.3) is 0 Å². The molecule has 7 nitrogen and oxygen atoms in total. The van der Waals surface area contributed by atoms with Crippen LogP contribution in [0.4, 0.5) is 5.69 Å². The van der Waals surface area contributed by atoms with Gasteiger partial charge in [-0.3, -0.25) is 0 Å². The SMILES string of the molecule is O=Nc1cc([C@H]2Oc3cc(O)cc(O)c3C[C@@H]2O)ccc1O. The van der Waals surface area contributed by atoms with Crippen molar-refractivity contribution in [2.24, 2.45) is 5.18 Å². The van der Waals surface area contributed by atoms with E-state index in [1.54, 1.807) is 0 Å². The van der Waals surface area contributed by atoms with Gasteiger partial charge in [0, 0.05) is 24.1 Å². The van der Waals surface area contributed by atoms with Crippen molar-refractivity contribution in [2.45, 2.75) is 18.6 Å². The highest BCUT2D eigenvalue weighted by atomic mass is 16.5. The van der Waals surface area contributed by atoms with Crippen molar-refractivity contribution in [1.29, 1.82) is 0 Å². The first-order valence-corrected chi connectivity index (χ1v) is 6.55. The second-order valence-corrected chi connectivity index (χ2v) is 5.09. The monoisotopic (exact) mass is 303 g/mol. The molecule has 0 spiro atoms. The highest BCUT2D eigenvalue weighted by Crippen LogP contribution is 2.42. The van der Waals surface area contributed by atoms with Gasteiger partial charge in [0.1, 0.15) is 34.8 Å². The first-order chi connectivity index (χ1) is 10.5. The van der Waals surface area contributed by atoms with E-state index in [-0.39, 0.29) is 35.1 Å². The lowest BCUT2D eigenvalue weighted by Gasteiger charge is -2.31. The fraction of sp³-hybridized carbons (Fsp3) is 0.200. The van der Waals surface area contributed by atoms with Crippen LogP contribution < -0.4 is 4.74 Å². The molecule has 0 fully saturated rings. The number of hydrogen-bond donors (Lipinski definition) is 4. The molecule has 0 saturated carbocycles. The Hall–Kier alpha value is -2.80. The predicted molar refractivity (Wildman–Crippen MR) is 76.4 cm³/mol. The lowest BCUT2D eigenvalue weighted by Crippen LogP contribution is -2.30. The Bertz CT molecular complexity index is 745. The van der Waals surface area contributed by atoms with E-state index >= 15 is 0 Å². The van der Waals surface area contributed by atoms with Crippen molar-refractivity contribution in [3.8, 4) is 23.0 Å².